The molecule has 1 saturated heterocycles. The number of aromatic nitrogens is 4. The van der Waals surface area contributed by atoms with Crippen LogP contribution in [-0.4, -0.2) is 51.2 Å². The fraction of sp³-hybridized carbons (Fsp3) is 0.333. The van der Waals surface area contributed by atoms with E-state index in [9.17, 15) is 4.39 Å². The fourth-order valence-corrected chi connectivity index (χ4v) is 3.27. The van der Waals surface area contributed by atoms with Crippen molar-refractivity contribution in [2.75, 3.05) is 31.1 Å². The van der Waals surface area contributed by atoms with Gasteiger partial charge in [-0.25, -0.2) is 0 Å². The molecule has 0 N–H and O–H groups in total. The quantitative estimate of drug-likeness (QED) is 0.731. The van der Waals surface area contributed by atoms with Gasteiger partial charge in [0, 0.05) is 44.6 Å². The topological polar surface area (TPSA) is 58.0 Å². The van der Waals surface area contributed by atoms with Crippen LogP contribution in [0.3, 0.4) is 0 Å². The summed E-state index contributed by atoms with van der Waals surface area (Å²) in [6.45, 7) is 5.73. The lowest BCUT2D eigenvalue weighted by Crippen LogP contribution is -2.47. The lowest BCUT2D eigenvalue weighted by molar-refractivity contribution is 0.198. The average molecular weight is 338 g/mol. The van der Waals surface area contributed by atoms with Gasteiger partial charge in [0.1, 0.15) is 0 Å². The zero-order valence-corrected chi connectivity index (χ0v) is 14.0. The highest BCUT2D eigenvalue weighted by Crippen LogP contribution is 2.25. The fourth-order valence-electron chi connectivity index (χ4n) is 3.27. The van der Waals surface area contributed by atoms with Crippen molar-refractivity contribution in [2.45, 2.75) is 13.0 Å². The van der Waals surface area contributed by atoms with Crippen LogP contribution in [0.2, 0.25) is 0 Å². The van der Waals surface area contributed by atoms with Crippen LogP contribution in [0.1, 0.15) is 18.5 Å². The molecule has 1 fully saturated rings. The highest BCUT2D eigenvalue weighted by Gasteiger charge is 2.23. The predicted octanol–water partition coefficient (Wildman–Crippen LogP) is 2.44. The zero-order valence-electron chi connectivity index (χ0n) is 14.0. The van der Waals surface area contributed by atoms with Crippen molar-refractivity contribution in [3.63, 3.8) is 0 Å². The first-order chi connectivity index (χ1) is 12.2. The van der Waals surface area contributed by atoms with Crippen LogP contribution in [0.25, 0.3) is 11.0 Å². The number of benzene rings is 1. The summed E-state index contributed by atoms with van der Waals surface area (Å²) in [5, 5.41) is 7.43. The average Bonchev–Trinajstić information content (AvgIpc) is 2.68. The molecule has 1 unspecified atom stereocenters. The minimum absolute atomic E-state index is 0.299. The van der Waals surface area contributed by atoms with Crippen LogP contribution in [0, 0.1) is 5.95 Å². The van der Waals surface area contributed by atoms with Gasteiger partial charge < -0.3 is 4.90 Å². The minimum Gasteiger partial charge on any atom is -0.353 e. The maximum atomic E-state index is 12.9. The molecule has 0 spiro atoms. The van der Waals surface area contributed by atoms with E-state index in [1.54, 1.807) is 18.5 Å². The van der Waals surface area contributed by atoms with E-state index >= 15 is 0 Å². The smallest absolute Gasteiger partial charge is 0.233 e. The number of fused-ring (bicyclic) bond motifs is 1. The second-order valence-electron chi connectivity index (χ2n) is 6.22. The SMILES string of the molecule is CC(c1ccc2nccnc2c1)N1CCN(c2ccc(F)nn2)CC1. The number of hydrogen-bond acceptors (Lipinski definition) is 6. The molecule has 128 valence electrons. The summed E-state index contributed by atoms with van der Waals surface area (Å²) in [6.07, 6.45) is 3.43. The molecule has 1 atom stereocenters. The Labute approximate surface area is 145 Å². The molecule has 3 aromatic rings. The van der Waals surface area contributed by atoms with Crippen LogP contribution >= 0.6 is 0 Å². The van der Waals surface area contributed by atoms with Gasteiger partial charge in [0.2, 0.25) is 5.95 Å². The van der Waals surface area contributed by atoms with E-state index in [2.05, 4.69) is 49.0 Å². The predicted molar refractivity (Wildman–Crippen MR) is 93.7 cm³/mol. The summed E-state index contributed by atoms with van der Waals surface area (Å²) in [5.41, 5.74) is 3.08. The molecule has 0 radical (unpaired) electrons. The molecule has 1 aliphatic rings. The molecule has 1 aromatic carbocycles. The van der Waals surface area contributed by atoms with E-state index in [1.807, 2.05) is 6.07 Å². The largest absolute Gasteiger partial charge is 0.353 e. The molecule has 0 saturated carbocycles. The number of hydrogen-bond donors (Lipinski definition) is 0. The number of piperazine rings is 1. The minimum atomic E-state index is -0.546. The van der Waals surface area contributed by atoms with Gasteiger partial charge >= 0.3 is 0 Å². The van der Waals surface area contributed by atoms with Gasteiger partial charge in [0.25, 0.3) is 0 Å². The Balaban J connectivity index is 1.45. The molecule has 1 aliphatic heterocycles. The first-order valence-corrected chi connectivity index (χ1v) is 8.39. The summed E-state index contributed by atoms with van der Waals surface area (Å²) >= 11 is 0. The van der Waals surface area contributed by atoms with Crippen molar-refractivity contribution < 1.29 is 4.39 Å². The third-order valence-corrected chi connectivity index (χ3v) is 4.78. The summed E-state index contributed by atoms with van der Waals surface area (Å²) in [4.78, 5) is 13.3. The Morgan fingerprint density at radius 3 is 2.40 bits per heavy atom. The van der Waals surface area contributed by atoms with Gasteiger partial charge in [-0.2, -0.15) is 4.39 Å². The van der Waals surface area contributed by atoms with Crippen LogP contribution in [0.15, 0.2) is 42.7 Å². The standard InChI is InChI=1S/C18H19FN6/c1-13(14-2-3-15-16(12-14)21-7-6-20-15)24-8-10-25(11-9-24)18-5-4-17(19)22-23-18/h2-7,12-13H,8-11H2,1H3. The number of anilines is 1. The Hall–Kier alpha value is -2.67. The molecule has 25 heavy (non-hydrogen) atoms. The first kappa shape index (κ1) is 15.8. The lowest BCUT2D eigenvalue weighted by atomic mass is 10.0. The summed E-state index contributed by atoms with van der Waals surface area (Å²) in [7, 11) is 0. The number of halogens is 1. The van der Waals surface area contributed by atoms with Crippen molar-refractivity contribution in [1.29, 1.82) is 0 Å². The van der Waals surface area contributed by atoms with Gasteiger partial charge in [0.15, 0.2) is 5.82 Å². The van der Waals surface area contributed by atoms with Crippen molar-refractivity contribution >= 4 is 16.9 Å². The maximum absolute atomic E-state index is 12.9. The summed E-state index contributed by atoms with van der Waals surface area (Å²) < 4.78 is 12.9. The molecule has 7 heteroatoms. The normalized spacial score (nSPS) is 17.0. The van der Waals surface area contributed by atoms with Gasteiger partial charge in [-0.3, -0.25) is 14.9 Å². The molecular formula is C18H19FN6. The van der Waals surface area contributed by atoms with Crippen LogP contribution in [0.4, 0.5) is 10.2 Å². The molecule has 4 rings (SSSR count). The zero-order chi connectivity index (χ0) is 17.2. The van der Waals surface area contributed by atoms with Gasteiger partial charge in [-0.05, 0) is 36.8 Å². The Kier molecular flexibility index (Phi) is 4.23. The summed E-state index contributed by atoms with van der Waals surface area (Å²) in [5.74, 6) is 0.185. The highest BCUT2D eigenvalue weighted by molar-refractivity contribution is 5.74. The molecular weight excluding hydrogens is 319 g/mol. The van der Waals surface area contributed by atoms with E-state index in [-0.39, 0.29) is 0 Å². The van der Waals surface area contributed by atoms with E-state index in [0.717, 1.165) is 43.0 Å². The van der Waals surface area contributed by atoms with E-state index in [1.165, 1.54) is 11.6 Å². The highest BCUT2D eigenvalue weighted by atomic mass is 19.1. The molecule has 2 aromatic heterocycles. The Morgan fingerprint density at radius 1 is 0.920 bits per heavy atom. The number of nitrogens with zero attached hydrogens (tertiary/aromatic N) is 6. The number of rotatable bonds is 3. The Bertz CT molecular complexity index is 861. The van der Waals surface area contributed by atoms with Crippen molar-refractivity contribution in [3.8, 4) is 0 Å². The van der Waals surface area contributed by atoms with Crippen molar-refractivity contribution in [1.82, 2.24) is 25.1 Å². The van der Waals surface area contributed by atoms with E-state index in [4.69, 9.17) is 0 Å². The monoisotopic (exact) mass is 338 g/mol. The van der Waals surface area contributed by atoms with E-state index < -0.39 is 5.95 Å². The molecule has 0 aliphatic carbocycles. The molecule has 6 nitrogen and oxygen atoms in total. The van der Waals surface area contributed by atoms with Crippen LogP contribution in [0.5, 0.6) is 0 Å². The van der Waals surface area contributed by atoms with E-state index in [0.29, 0.717) is 6.04 Å². The summed E-state index contributed by atoms with van der Waals surface area (Å²) in [6, 6.07) is 9.60. The second kappa shape index (κ2) is 6.68. The van der Waals surface area contributed by atoms with Crippen LogP contribution in [-0.2, 0) is 0 Å². The molecule has 0 bridgehead atoms. The van der Waals surface area contributed by atoms with Gasteiger partial charge in [0.05, 0.1) is 11.0 Å². The van der Waals surface area contributed by atoms with Gasteiger partial charge in [-0.1, -0.05) is 6.07 Å². The third kappa shape index (κ3) is 3.28. The molecule has 0 amide bonds. The maximum Gasteiger partial charge on any atom is 0.233 e. The van der Waals surface area contributed by atoms with Crippen molar-refractivity contribution in [3.05, 3.63) is 54.2 Å². The lowest BCUT2D eigenvalue weighted by Gasteiger charge is -2.38. The Morgan fingerprint density at radius 2 is 1.68 bits per heavy atom. The van der Waals surface area contributed by atoms with Gasteiger partial charge in [-0.15, -0.1) is 10.2 Å². The first-order valence-electron chi connectivity index (χ1n) is 8.39. The third-order valence-electron chi connectivity index (χ3n) is 4.78. The second-order valence-corrected chi connectivity index (χ2v) is 6.22. The molecule has 3 heterocycles. The van der Waals surface area contributed by atoms with Crippen LogP contribution < -0.4 is 4.90 Å². The van der Waals surface area contributed by atoms with Crippen molar-refractivity contribution in [2.24, 2.45) is 0 Å².